The van der Waals surface area contributed by atoms with Crippen LogP contribution in [-0.2, 0) is 20.9 Å². The Morgan fingerprint density at radius 3 is 2.53 bits per heavy atom. The van der Waals surface area contributed by atoms with E-state index in [1.165, 1.54) is 16.8 Å². The molecular formula is C21H17Cl3N4O4. The summed E-state index contributed by atoms with van der Waals surface area (Å²) in [6, 6.07) is 8.28. The van der Waals surface area contributed by atoms with Crippen LogP contribution in [0.25, 0.3) is 6.08 Å². The van der Waals surface area contributed by atoms with Crippen LogP contribution < -0.4 is 5.32 Å². The van der Waals surface area contributed by atoms with E-state index in [2.05, 4.69) is 15.4 Å². The monoisotopic (exact) mass is 494 g/mol. The van der Waals surface area contributed by atoms with Crippen LogP contribution in [-0.4, -0.2) is 39.2 Å². The van der Waals surface area contributed by atoms with Gasteiger partial charge in [0.25, 0.3) is 11.8 Å². The highest BCUT2D eigenvalue weighted by atomic mass is 35.5. The van der Waals surface area contributed by atoms with E-state index in [-0.39, 0.29) is 17.4 Å². The number of hydrogen-bond donors (Lipinski definition) is 2. The number of halogens is 3. The molecule has 11 heteroatoms. The first-order valence-electron chi connectivity index (χ1n) is 9.24. The third-order valence-corrected chi connectivity index (χ3v) is 5.41. The molecule has 0 aliphatic heterocycles. The molecule has 0 atom stereocenters. The summed E-state index contributed by atoms with van der Waals surface area (Å²) in [4.78, 5) is 38.1. The summed E-state index contributed by atoms with van der Waals surface area (Å²) in [6.45, 7) is 1.35. The number of benzene rings is 1. The zero-order valence-corrected chi connectivity index (χ0v) is 19.0. The third kappa shape index (κ3) is 5.79. The van der Waals surface area contributed by atoms with Gasteiger partial charge >= 0.3 is 5.97 Å². The molecule has 0 radical (unpaired) electrons. The number of aromatic amines is 1. The van der Waals surface area contributed by atoms with Gasteiger partial charge < -0.3 is 9.72 Å². The first-order valence-corrected chi connectivity index (χ1v) is 10.4. The number of hydrogen-bond acceptors (Lipinski definition) is 5. The van der Waals surface area contributed by atoms with E-state index in [4.69, 9.17) is 39.5 Å². The average Bonchev–Trinajstić information content (AvgIpc) is 3.37. The standard InChI is InChI=1S/C21H17Cl3N4O4/c1-12-13(20(24)28(27-12)10-14-15(22)4-2-5-16(14)23)7-8-19(30)32-11-18(29)26-21(31)17-6-3-9-25-17/h2-9,25H,10-11H2,1H3,(H,26,29,31). The van der Waals surface area contributed by atoms with Crippen molar-refractivity contribution in [1.82, 2.24) is 20.1 Å². The lowest BCUT2D eigenvalue weighted by Gasteiger charge is -2.08. The lowest BCUT2D eigenvalue weighted by Crippen LogP contribution is -2.34. The average molecular weight is 496 g/mol. The number of amides is 2. The van der Waals surface area contributed by atoms with Crippen molar-refractivity contribution >= 4 is 58.7 Å². The second-order valence-electron chi connectivity index (χ2n) is 6.55. The topological polar surface area (TPSA) is 106 Å². The van der Waals surface area contributed by atoms with Crippen molar-refractivity contribution in [2.45, 2.75) is 13.5 Å². The summed E-state index contributed by atoms with van der Waals surface area (Å²) in [5.74, 6) is -2.17. The number of carbonyl (C=O) groups is 3. The van der Waals surface area contributed by atoms with Crippen molar-refractivity contribution in [3.63, 3.8) is 0 Å². The lowest BCUT2D eigenvalue weighted by molar-refractivity contribution is -0.143. The van der Waals surface area contributed by atoms with E-state index < -0.39 is 24.4 Å². The van der Waals surface area contributed by atoms with Gasteiger partial charge in [0.05, 0.1) is 12.2 Å². The minimum Gasteiger partial charge on any atom is -0.452 e. The molecule has 1 aromatic carbocycles. The molecule has 0 aliphatic carbocycles. The molecule has 2 N–H and O–H groups in total. The Bertz CT molecular complexity index is 1170. The number of rotatable bonds is 7. The van der Waals surface area contributed by atoms with Gasteiger partial charge in [-0.1, -0.05) is 40.9 Å². The molecule has 0 bridgehead atoms. The van der Waals surface area contributed by atoms with Crippen LogP contribution in [0.4, 0.5) is 0 Å². The van der Waals surface area contributed by atoms with Crippen LogP contribution in [0.1, 0.15) is 27.3 Å². The third-order valence-electron chi connectivity index (χ3n) is 4.31. The Morgan fingerprint density at radius 1 is 1.16 bits per heavy atom. The normalized spacial score (nSPS) is 11.0. The Kier molecular flexibility index (Phi) is 7.74. The molecular weight excluding hydrogens is 479 g/mol. The van der Waals surface area contributed by atoms with E-state index in [0.717, 1.165) is 6.08 Å². The highest BCUT2D eigenvalue weighted by molar-refractivity contribution is 6.36. The molecule has 0 saturated carbocycles. The predicted octanol–water partition coefficient (Wildman–Crippen LogP) is 4.04. The maximum atomic E-state index is 12.0. The number of carbonyl (C=O) groups excluding carboxylic acids is 3. The minimum absolute atomic E-state index is 0.213. The van der Waals surface area contributed by atoms with Crippen molar-refractivity contribution in [2.24, 2.45) is 0 Å². The van der Waals surface area contributed by atoms with E-state index in [9.17, 15) is 14.4 Å². The summed E-state index contributed by atoms with van der Waals surface area (Å²) >= 11 is 18.8. The van der Waals surface area contributed by atoms with Crippen molar-refractivity contribution in [1.29, 1.82) is 0 Å². The lowest BCUT2D eigenvalue weighted by atomic mass is 10.2. The number of H-pyrrole nitrogens is 1. The zero-order valence-electron chi connectivity index (χ0n) is 16.7. The number of imide groups is 1. The Morgan fingerprint density at radius 2 is 1.88 bits per heavy atom. The van der Waals surface area contributed by atoms with E-state index in [1.807, 2.05) is 0 Å². The first-order chi connectivity index (χ1) is 15.3. The van der Waals surface area contributed by atoms with E-state index in [1.54, 1.807) is 37.4 Å². The second-order valence-corrected chi connectivity index (χ2v) is 7.72. The van der Waals surface area contributed by atoms with Gasteiger partial charge in [-0.2, -0.15) is 5.10 Å². The Labute approximate surface area is 198 Å². The van der Waals surface area contributed by atoms with Gasteiger partial charge in [-0.05, 0) is 37.3 Å². The van der Waals surface area contributed by atoms with Gasteiger partial charge in [-0.25, -0.2) is 9.48 Å². The van der Waals surface area contributed by atoms with Crippen molar-refractivity contribution in [3.05, 3.63) is 80.3 Å². The maximum Gasteiger partial charge on any atom is 0.331 e. The predicted molar refractivity (Wildman–Crippen MR) is 121 cm³/mol. The van der Waals surface area contributed by atoms with Crippen molar-refractivity contribution in [2.75, 3.05) is 6.61 Å². The summed E-state index contributed by atoms with van der Waals surface area (Å²) < 4.78 is 6.36. The summed E-state index contributed by atoms with van der Waals surface area (Å²) in [7, 11) is 0. The quantitative estimate of drug-likeness (QED) is 0.380. The summed E-state index contributed by atoms with van der Waals surface area (Å²) in [6.07, 6.45) is 4.09. The van der Waals surface area contributed by atoms with Crippen LogP contribution in [0.3, 0.4) is 0 Å². The van der Waals surface area contributed by atoms with Gasteiger partial charge in [-0.15, -0.1) is 0 Å². The number of ether oxygens (including phenoxy) is 1. The molecule has 0 unspecified atom stereocenters. The molecule has 0 saturated heterocycles. The first kappa shape index (κ1) is 23.6. The summed E-state index contributed by atoms with van der Waals surface area (Å²) in [5.41, 5.74) is 1.94. The van der Waals surface area contributed by atoms with Crippen LogP contribution in [0.2, 0.25) is 15.2 Å². The number of nitrogens with zero attached hydrogens (tertiary/aromatic N) is 2. The van der Waals surface area contributed by atoms with Gasteiger partial charge in [0.2, 0.25) is 0 Å². The zero-order chi connectivity index (χ0) is 23.3. The van der Waals surface area contributed by atoms with E-state index in [0.29, 0.717) is 26.9 Å². The fourth-order valence-electron chi connectivity index (χ4n) is 2.73. The largest absolute Gasteiger partial charge is 0.452 e. The molecule has 2 heterocycles. The second kappa shape index (κ2) is 10.5. The highest BCUT2D eigenvalue weighted by Gasteiger charge is 2.15. The number of aromatic nitrogens is 3. The molecule has 3 aromatic rings. The molecule has 2 aromatic heterocycles. The highest BCUT2D eigenvalue weighted by Crippen LogP contribution is 2.28. The Hall–Kier alpha value is -3.07. The molecule has 2 amide bonds. The summed E-state index contributed by atoms with van der Waals surface area (Å²) in [5, 5.41) is 7.69. The SMILES string of the molecule is Cc1nn(Cc2c(Cl)cccc2Cl)c(Cl)c1C=CC(=O)OCC(=O)NC(=O)c1ccc[nH]1. The van der Waals surface area contributed by atoms with Gasteiger partial charge in [0.1, 0.15) is 10.8 Å². The van der Waals surface area contributed by atoms with E-state index >= 15 is 0 Å². The van der Waals surface area contributed by atoms with Gasteiger partial charge in [0.15, 0.2) is 6.61 Å². The molecule has 166 valence electrons. The van der Waals surface area contributed by atoms with Crippen molar-refractivity contribution < 1.29 is 19.1 Å². The number of aryl methyl sites for hydroxylation is 1. The molecule has 0 spiro atoms. The van der Waals surface area contributed by atoms with Crippen LogP contribution >= 0.6 is 34.8 Å². The molecule has 0 aliphatic rings. The van der Waals surface area contributed by atoms with Crippen molar-refractivity contribution in [3.8, 4) is 0 Å². The van der Waals surface area contributed by atoms with Gasteiger partial charge in [-0.3, -0.25) is 14.9 Å². The fraction of sp³-hybridized carbons (Fsp3) is 0.143. The number of nitrogens with one attached hydrogen (secondary N) is 2. The van der Waals surface area contributed by atoms with Crippen LogP contribution in [0.15, 0.2) is 42.6 Å². The van der Waals surface area contributed by atoms with Crippen LogP contribution in [0.5, 0.6) is 0 Å². The minimum atomic E-state index is -0.787. The van der Waals surface area contributed by atoms with Crippen LogP contribution in [0, 0.1) is 6.92 Å². The smallest absolute Gasteiger partial charge is 0.331 e. The number of esters is 1. The van der Waals surface area contributed by atoms with Gasteiger partial charge in [0, 0.05) is 33.4 Å². The molecule has 0 fully saturated rings. The molecule has 3 rings (SSSR count). The fourth-order valence-corrected chi connectivity index (χ4v) is 3.55. The Balaban J connectivity index is 1.59. The molecule has 8 nitrogen and oxygen atoms in total. The molecule has 32 heavy (non-hydrogen) atoms. The maximum absolute atomic E-state index is 12.0.